The molecule has 4 aliphatic carbocycles. The zero-order valence-corrected chi connectivity index (χ0v) is 26.3. The van der Waals surface area contributed by atoms with E-state index in [-0.39, 0.29) is 23.6 Å². The van der Waals surface area contributed by atoms with Crippen molar-refractivity contribution >= 4 is 23.8 Å². The van der Waals surface area contributed by atoms with Gasteiger partial charge >= 0.3 is 18.0 Å². The molecular formula is C33H43NO9. The number of esters is 2. The van der Waals surface area contributed by atoms with Crippen molar-refractivity contribution in [3.05, 3.63) is 34.9 Å². The fourth-order valence-electron chi connectivity index (χ4n) is 9.46. The number of epoxide rings is 1. The lowest BCUT2D eigenvalue weighted by molar-refractivity contribution is -0.224. The molecule has 2 heterocycles. The molecule has 234 valence electrons. The predicted octanol–water partition coefficient (Wildman–Crippen LogP) is 3.66. The molecule has 0 aromatic carbocycles. The van der Waals surface area contributed by atoms with Gasteiger partial charge in [-0.25, -0.2) is 9.59 Å². The number of carbonyl (C=O) groups is 4. The molecule has 1 N–H and O–H groups in total. The maximum atomic E-state index is 13.9. The van der Waals surface area contributed by atoms with Crippen LogP contribution in [0, 0.1) is 28.6 Å². The number of carbonyl (C=O) groups excluding carboxylic acids is 4. The van der Waals surface area contributed by atoms with E-state index in [0.717, 1.165) is 11.1 Å². The molecule has 11 atom stereocenters. The van der Waals surface area contributed by atoms with Gasteiger partial charge in [0.05, 0.1) is 11.5 Å². The molecule has 10 nitrogen and oxygen atoms in total. The van der Waals surface area contributed by atoms with Crippen LogP contribution in [-0.2, 0) is 33.3 Å². The Kier molecular flexibility index (Phi) is 6.65. The summed E-state index contributed by atoms with van der Waals surface area (Å²) in [6, 6.07) is 0. The summed E-state index contributed by atoms with van der Waals surface area (Å²) >= 11 is 0. The monoisotopic (exact) mass is 597 g/mol. The Morgan fingerprint density at radius 2 is 1.81 bits per heavy atom. The van der Waals surface area contributed by atoms with E-state index >= 15 is 0 Å². The molecule has 43 heavy (non-hydrogen) atoms. The van der Waals surface area contributed by atoms with Crippen molar-refractivity contribution in [1.82, 2.24) is 4.90 Å². The van der Waals surface area contributed by atoms with Crippen molar-refractivity contribution in [2.45, 2.75) is 103 Å². The van der Waals surface area contributed by atoms with Crippen LogP contribution in [0.2, 0.25) is 0 Å². The number of amides is 1. The molecule has 1 amide bonds. The van der Waals surface area contributed by atoms with Crippen molar-refractivity contribution < 1.29 is 43.2 Å². The van der Waals surface area contributed by atoms with Crippen LogP contribution in [0.25, 0.3) is 0 Å². The third-order valence-electron chi connectivity index (χ3n) is 12.1. The highest BCUT2D eigenvalue weighted by Gasteiger charge is 2.83. The number of fused-ring (bicyclic) bond motifs is 4. The normalized spacial score (nSPS) is 45.1. The molecule has 0 radical (unpaired) electrons. The molecule has 3 fully saturated rings. The number of ether oxygens (including phenoxy) is 4. The van der Waals surface area contributed by atoms with Gasteiger partial charge < -0.3 is 29.0 Å². The fraction of sp³-hybridized carbons (Fsp3) is 0.697. The van der Waals surface area contributed by atoms with Gasteiger partial charge in [0.15, 0.2) is 11.9 Å². The van der Waals surface area contributed by atoms with Gasteiger partial charge in [0.25, 0.3) is 0 Å². The van der Waals surface area contributed by atoms with Crippen molar-refractivity contribution in [1.29, 1.82) is 0 Å². The lowest BCUT2D eigenvalue weighted by atomic mass is 9.42. The van der Waals surface area contributed by atoms with E-state index in [1.54, 1.807) is 27.1 Å². The van der Waals surface area contributed by atoms with Crippen molar-refractivity contribution in [3.63, 3.8) is 0 Å². The number of hydrogen-bond donors (Lipinski definition) is 1. The van der Waals surface area contributed by atoms with Crippen LogP contribution in [0.15, 0.2) is 34.9 Å². The molecule has 11 unspecified atom stereocenters. The highest BCUT2D eigenvalue weighted by atomic mass is 16.7. The Morgan fingerprint density at radius 3 is 2.44 bits per heavy atom. The van der Waals surface area contributed by atoms with E-state index < -0.39 is 64.4 Å². The summed E-state index contributed by atoms with van der Waals surface area (Å²) in [6.45, 7) is 10.9. The minimum absolute atomic E-state index is 0.121. The topological polar surface area (TPSA) is 132 Å². The van der Waals surface area contributed by atoms with Gasteiger partial charge in [-0.1, -0.05) is 25.0 Å². The van der Waals surface area contributed by atoms with Gasteiger partial charge in [-0.3, -0.25) is 9.59 Å². The summed E-state index contributed by atoms with van der Waals surface area (Å²) < 4.78 is 24.0. The first-order valence-corrected chi connectivity index (χ1v) is 15.3. The van der Waals surface area contributed by atoms with E-state index in [4.69, 9.17) is 18.9 Å². The Hall–Kier alpha value is -2.98. The highest BCUT2D eigenvalue weighted by Crippen LogP contribution is 2.74. The predicted molar refractivity (Wildman–Crippen MR) is 153 cm³/mol. The van der Waals surface area contributed by atoms with Gasteiger partial charge in [0.2, 0.25) is 0 Å². The summed E-state index contributed by atoms with van der Waals surface area (Å²) in [7, 11) is 3.20. The number of aliphatic hydroxyl groups is 1. The Labute approximate surface area is 252 Å². The second-order valence-electron chi connectivity index (χ2n) is 14.2. The van der Waals surface area contributed by atoms with Gasteiger partial charge in [-0.2, -0.15) is 0 Å². The number of allylic oxidation sites excluding steroid dienone is 1. The first kappa shape index (κ1) is 30.1. The summed E-state index contributed by atoms with van der Waals surface area (Å²) in [6.07, 6.45) is 4.00. The Morgan fingerprint density at radius 1 is 1.12 bits per heavy atom. The first-order chi connectivity index (χ1) is 20.0. The zero-order valence-electron chi connectivity index (χ0n) is 26.3. The summed E-state index contributed by atoms with van der Waals surface area (Å²) in [5.41, 5.74) is -1.96. The van der Waals surface area contributed by atoms with Crippen LogP contribution in [0.5, 0.6) is 0 Å². The number of rotatable bonds is 4. The largest absolute Gasteiger partial charge is 0.458 e. The number of cyclic esters (lactones) is 1. The average Bonchev–Trinajstić information content (AvgIpc) is 3.62. The van der Waals surface area contributed by atoms with E-state index in [1.807, 2.05) is 33.8 Å². The lowest BCUT2D eigenvalue weighted by Crippen LogP contribution is -2.70. The molecule has 0 aromatic rings. The second kappa shape index (κ2) is 9.51. The zero-order chi connectivity index (χ0) is 31.4. The minimum Gasteiger partial charge on any atom is -0.458 e. The van der Waals surface area contributed by atoms with Gasteiger partial charge in [-0.05, 0) is 70.1 Å². The van der Waals surface area contributed by atoms with Crippen molar-refractivity contribution in [2.24, 2.45) is 28.6 Å². The van der Waals surface area contributed by atoms with Gasteiger partial charge in [0.1, 0.15) is 23.4 Å². The molecular weight excluding hydrogens is 554 g/mol. The molecule has 1 spiro atoms. The third kappa shape index (κ3) is 3.78. The fourth-order valence-corrected chi connectivity index (χ4v) is 9.46. The summed E-state index contributed by atoms with van der Waals surface area (Å²) in [4.78, 5) is 52.8. The smallest absolute Gasteiger partial charge is 0.409 e. The number of hydrogen-bond acceptors (Lipinski definition) is 9. The van der Waals surface area contributed by atoms with Crippen LogP contribution < -0.4 is 0 Å². The summed E-state index contributed by atoms with van der Waals surface area (Å²) in [5, 5.41) is 13.0. The van der Waals surface area contributed by atoms with Gasteiger partial charge in [-0.15, -0.1) is 0 Å². The lowest BCUT2D eigenvalue weighted by Gasteiger charge is -2.61. The summed E-state index contributed by atoms with van der Waals surface area (Å²) in [5.74, 6) is -2.01. The molecule has 1 saturated heterocycles. The van der Waals surface area contributed by atoms with Crippen LogP contribution in [0.1, 0.15) is 67.2 Å². The molecule has 6 rings (SSSR count). The third-order valence-corrected chi connectivity index (χ3v) is 12.1. The highest BCUT2D eigenvalue weighted by molar-refractivity contribution is 5.98. The van der Waals surface area contributed by atoms with Crippen molar-refractivity contribution in [2.75, 3.05) is 14.1 Å². The van der Waals surface area contributed by atoms with Crippen LogP contribution in [-0.4, -0.2) is 83.5 Å². The SMILES string of the molecule is CC(=O)OC1C=C(C(C)C2CC(C)=C(C)C(=O)O2)C2(C)CCC3C(CC4OC45C(OC(=O)N(C)C)C=CC(=O)C35C)C12O. The van der Waals surface area contributed by atoms with Crippen LogP contribution >= 0.6 is 0 Å². The van der Waals surface area contributed by atoms with Gasteiger partial charge in [0, 0.05) is 44.3 Å². The molecule has 2 saturated carbocycles. The Balaban J connectivity index is 1.39. The van der Waals surface area contributed by atoms with Crippen LogP contribution in [0.4, 0.5) is 4.79 Å². The van der Waals surface area contributed by atoms with E-state index in [9.17, 15) is 24.3 Å². The van der Waals surface area contributed by atoms with E-state index in [0.29, 0.717) is 31.3 Å². The number of nitrogens with zero attached hydrogens (tertiary/aromatic N) is 1. The quantitative estimate of drug-likeness (QED) is 0.223. The van der Waals surface area contributed by atoms with Crippen molar-refractivity contribution in [3.8, 4) is 0 Å². The average molecular weight is 598 g/mol. The molecule has 2 aliphatic heterocycles. The minimum atomic E-state index is -1.54. The molecule has 10 heteroatoms. The number of ketones is 1. The maximum absolute atomic E-state index is 13.9. The first-order valence-electron chi connectivity index (χ1n) is 15.3. The second-order valence-corrected chi connectivity index (χ2v) is 14.2. The molecule has 6 aliphatic rings. The van der Waals surface area contributed by atoms with Crippen LogP contribution in [0.3, 0.4) is 0 Å². The molecule has 0 aromatic heterocycles. The molecule has 0 bridgehead atoms. The standard InChI is InChI=1S/C33H43NO9/c1-16-13-23(41-28(37)17(16)2)18(3)21-14-26(40-19(4)35)32(39)22-15-27-33(43-27)25(42-29(38)34(7)8)10-9-24(36)31(33,6)20(22)11-12-30(21,32)5/h9-10,14,18,20,22-23,25-27,39H,11-13,15H2,1-8H3. The maximum Gasteiger partial charge on any atom is 0.409 e. The Bertz CT molecular complexity index is 1400. The van der Waals surface area contributed by atoms with E-state index in [2.05, 4.69) is 0 Å². The van der Waals surface area contributed by atoms with E-state index in [1.165, 1.54) is 17.9 Å².